The molecule has 11 heteroatoms. The molecule has 0 bridgehead atoms. The van der Waals surface area contributed by atoms with Gasteiger partial charge in [0.05, 0.1) is 18.5 Å². The highest BCUT2D eigenvalue weighted by atomic mass is 32.2. The van der Waals surface area contributed by atoms with Crippen molar-refractivity contribution in [3.8, 4) is 0 Å². The number of carbonyl (C=O) groups excluding carboxylic acids is 1. The molecule has 4 rings (SSSR count). The lowest BCUT2D eigenvalue weighted by molar-refractivity contribution is 0.0726. The van der Waals surface area contributed by atoms with E-state index in [1.54, 1.807) is 29.5 Å². The Hall–Kier alpha value is -2.24. The molecule has 2 saturated heterocycles. The second-order valence-electron chi connectivity index (χ2n) is 7.93. The predicted molar refractivity (Wildman–Crippen MR) is 102 cm³/mol. The van der Waals surface area contributed by atoms with E-state index in [1.165, 1.54) is 10.5 Å². The maximum Gasteiger partial charge on any atom is 0.276 e. The summed E-state index contributed by atoms with van der Waals surface area (Å²) >= 11 is 0. The Kier molecular flexibility index (Phi) is 4.79. The third-order valence-electron chi connectivity index (χ3n) is 6.15. The van der Waals surface area contributed by atoms with E-state index >= 15 is 0 Å². The van der Waals surface area contributed by atoms with Gasteiger partial charge in [-0.15, -0.1) is 0 Å². The van der Waals surface area contributed by atoms with E-state index in [0.717, 1.165) is 0 Å². The number of hydrogen-bond donors (Lipinski definition) is 1. The van der Waals surface area contributed by atoms with Crippen molar-refractivity contribution in [2.45, 2.75) is 32.2 Å². The monoisotopic (exact) mass is 423 g/mol. The average Bonchev–Trinajstić information content (AvgIpc) is 3.42. The summed E-state index contributed by atoms with van der Waals surface area (Å²) in [4.78, 5) is 14.5. The minimum atomic E-state index is -3.73. The lowest BCUT2D eigenvalue weighted by Crippen LogP contribution is -2.40. The van der Waals surface area contributed by atoms with E-state index in [-0.39, 0.29) is 48.7 Å². The Morgan fingerprint density at radius 3 is 2.66 bits per heavy atom. The summed E-state index contributed by atoms with van der Waals surface area (Å²) in [6, 6.07) is 1.58. The van der Waals surface area contributed by atoms with Crippen molar-refractivity contribution in [3.05, 3.63) is 29.4 Å². The Labute approximate surface area is 169 Å². The molecule has 1 amide bonds. The van der Waals surface area contributed by atoms with Gasteiger partial charge in [0.1, 0.15) is 10.7 Å². The number of carbonyl (C=O) groups is 1. The first kappa shape index (κ1) is 20.0. The normalized spacial score (nSPS) is 25.0. The van der Waals surface area contributed by atoms with Crippen LogP contribution in [0.3, 0.4) is 0 Å². The zero-order valence-corrected chi connectivity index (χ0v) is 17.5. The van der Waals surface area contributed by atoms with Gasteiger partial charge in [0.25, 0.3) is 5.91 Å². The summed E-state index contributed by atoms with van der Waals surface area (Å²) in [5, 5.41) is 18.1. The van der Waals surface area contributed by atoms with Gasteiger partial charge in [-0.3, -0.25) is 9.48 Å². The van der Waals surface area contributed by atoms with E-state index in [0.29, 0.717) is 24.5 Å². The highest BCUT2D eigenvalue weighted by molar-refractivity contribution is 7.89. The SMILES string of the molecule is CCn1ncc(S(=O)(=O)N2CC3CN(C(=O)c4cc(C)on4)CC3(CO)C2)c1C. The molecule has 4 heterocycles. The van der Waals surface area contributed by atoms with Crippen LogP contribution in [0, 0.1) is 25.2 Å². The molecule has 2 atom stereocenters. The molecule has 2 aromatic heterocycles. The molecule has 0 saturated carbocycles. The smallest absolute Gasteiger partial charge is 0.276 e. The second-order valence-corrected chi connectivity index (χ2v) is 9.84. The zero-order valence-electron chi connectivity index (χ0n) is 16.7. The van der Waals surface area contributed by atoms with Crippen LogP contribution in [0.1, 0.15) is 28.9 Å². The molecule has 2 aromatic rings. The van der Waals surface area contributed by atoms with E-state index in [1.807, 2.05) is 6.92 Å². The summed E-state index contributed by atoms with van der Waals surface area (Å²) < 4.78 is 34.4. The van der Waals surface area contributed by atoms with Crippen LogP contribution in [0.15, 0.2) is 21.7 Å². The zero-order chi connectivity index (χ0) is 21.0. The van der Waals surface area contributed by atoms with Crippen molar-refractivity contribution < 1.29 is 22.8 Å². The maximum absolute atomic E-state index is 13.2. The number of nitrogens with zero attached hydrogens (tertiary/aromatic N) is 5. The lowest BCUT2D eigenvalue weighted by Gasteiger charge is -2.26. The number of hydrogen-bond acceptors (Lipinski definition) is 7. The molecular weight excluding hydrogens is 398 g/mol. The first-order chi connectivity index (χ1) is 13.7. The number of aliphatic hydroxyl groups is 1. The molecule has 10 nitrogen and oxygen atoms in total. The van der Waals surface area contributed by atoms with Crippen molar-refractivity contribution in [1.29, 1.82) is 0 Å². The molecule has 29 heavy (non-hydrogen) atoms. The number of sulfonamides is 1. The molecule has 0 aliphatic carbocycles. The van der Waals surface area contributed by atoms with Gasteiger partial charge < -0.3 is 14.5 Å². The number of aliphatic hydroxyl groups excluding tert-OH is 1. The number of likely N-dealkylation sites (tertiary alicyclic amines) is 1. The Morgan fingerprint density at radius 2 is 2.10 bits per heavy atom. The van der Waals surface area contributed by atoms with Crippen molar-refractivity contribution in [3.63, 3.8) is 0 Å². The minimum absolute atomic E-state index is 0.152. The van der Waals surface area contributed by atoms with Crippen molar-refractivity contribution in [1.82, 2.24) is 24.1 Å². The minimum Gasteiger partial charge on any atom is -0.396 e. The Morgan fingerprint density at radius 1 is 1.34 bits per heavy atom. The third-order valence-corrected chi connectivity index (χ3v) is 8.07. The van der Waals surface area contributed by atoms with Crippen LogP contribution in [-0.2, 0) is 16.6 Å². The molecule has 158 valence electrons. The number of aryl methyl sites for hydroxylation is 2. The summed E-state index contributed by atoms with van der Waals surface area (Å²) in [6.45, 7) is 6.80. The Balaban J connectivity index is 1.55. The standard InChI is InChI=1S/C18H25N5O5S/c1-4-23-13(3)16(6-19-23)29(26,27)22-8-14-7-21(9-18(14,10-22)11-24)17(25)15-5-12(2)28-20-15/h5-6,14,24H,4,7-11H2,1-3H3. The van der Waals surface area contributed by atoms with E-state index in [2.05, 4.69) is 10.3 Å². The van der Waals surface area contributed by atoms with Crippen LogP contribution in [0.2, 0.25) is 0 Å². The van der Waals surface area contributed by atoms with E-state index < -0.39 is 15.4 Å². The molecule has 2 fully saturated rings. The highest BCUT2D eigenvalue weighted by Gasteiger charge is 2.56. The first-order valence-electron chi connectivity index (χ1n) is 9.58. The molecule has 0 spiro atoms. The Bertz CT molecular complexity index is 1040. The van der Waals surface area contributed by atoms with Crippen LogP contribution < -0.4 is 0 Å². The van der Waals surface area contributed by atoms with E-state index in [4.69, 9.17) is 4.52 Å². The largest absolute Gasteiger partial charge is 0.396 e. The first-order valence-corrected chi connectivity index (χ1v) is 11.0. The summed E-state index contributed by atoms with van der Waals surface area (Å²) in [5.41, 5.74) is 0.138. The maximum atomic E-state index is 13.2. The topological polar surface area (TPSA) is 122 Å². The number of amides is 1. The molecule has 2 aliphatic heterocycles. The van der Waals surface area contributed by atoms with Crippen molar-refractivity contribution in [2.24, 2.45) is 11.3 Å². The van der Waals surface area contributed by atoms with Gasteiger partial charge in [-0.05, 0) is 20.8 Å². The van der Waals surface area contributed by atoms with Gasteiger partial charge in [0, 0.05) is 50.1 Å². The summed E-state index contributed by atoms with van der Waals surface area (Å²) in [6.07, 6.45) is 1.39. The third kappa shape index (κ3) is 3.08. The van der Waals surface area contributed by atoms with Gasteiger partial charge in [-0.2, -0.15) is 9.40 Å². The molecular formula is C18H25N5O5S. The van der Waals surface area contributed by atoms with Crippen LogP contribution in [-0.4, -0.2) is 76.4 Å². The molecule has 2 aliphatic rings. The summed E-state index contributed by atoms with van der Waals surface area (Å²) in [7, 11) is -3.73. The fraction of sp³-hybridized carbons (Fsp3) is 0.611. The van der Waals surface area contributed by atoms with Gasteiger partial charge >= 0.3 is 0 Å². The fourth-order valence-electron chi connectivity index (χ4n) is 4.46. The van der Waals surface area contributed by atoms with Crippen LogP contribution in [0.4, 0.5) is 0 Å². The second kappa shape index (κ2) is 6.92. The molecule has 2 unspecified atom stereocenters. The quantitative estimate of drug-likeness (QED) is 0.732. The number of fused-ring (bicyclic) bond motifs is 1. The van der Waals surface area contributed by atoms with Gasteiger partial charge in [-0.25, -0.2) is 8.42 Å². The lowest BCUT2D eigenvalue weighted by atomic mass is 9.82. The molecule has 0 radical (unpaired) electrons. The van der Waals surface area contributed by atoms with Gasteiger partial charge in [0.15, 0.2) is 5.69 Å². The van der Waals surface area contributed by atoms with Crippen molar-refractivity contribution >= 4 is 15.9 Å². The number of rotatable bonds is 5. The van der Waals surface area contributed by atoms with Crippen LogP contribution >= 0.6 is 0 Å². The molecule has 0 aromatic carbocycles. The van der Waals surface area contributed by atoms with Crippen molar-refractivity contribution in [2.75, 3.05) is 32.8 Å². The highest BCUT2D eigenvalue weighted by Crippen LogP contribution is 2.44. The van der Waals surface area contributed by atoms with E-state index in [9.17, 15) is 18.3 Å². The summed E-state index contributed by atoms with van der Waals surface area (Å²) in [5.74, 6) is 0.129. The van der Waals surface area contributed by atoms with Crippen LogP contribution in [0.25, 0.3) is 0 Å². The predicted octanol–water partition coefficient (Wildman–Crippen LogP) is 0.263. The van der Waals surface area contributed by atoms with Gasteiger partial charge in [-0.1, -0.05) is 5.16 Å². The fourth-order valence-corrected chi connectivity index (χ4v) is 6.20. The average molecular weight is 423 g/mol. The molecule has 1 N–H and O–H groups in total. The van der Waals surface area contributed by atoms with Gasteiger partial charge in [0.2, 0.25) is 10.0 Å². The van der Waals surface area contributed by atoms with Crippen LogP contribution in [0.5, 0.6) is 0 Å². The number of aromatic nitrogens is 3.